The molecule has 1 atom stereocenters. The Kier molecular flexibility index (Phi) is 6.89. The van der Waals surface area contributed by atoms with Crippen LogP contribution in [0.5, 0.6) is 5.75 Å². The molecule has 0 radical (unpaired) electrons. The van der Waals surface area contributed by atoms with E-state index in [0.717, 1.165) is 25.9 Å². The van der Waals surface area contributed by atoms with Crippen LogP contribution in [-0.2, 0) is 28.5 Å². The van der Waals surface area contributed by atoms with Crippen LogP contribution in [0.4, 0.5) is 5.69 Å². The van der Waals surface area contributed by atoms with Gasteiger partial charge in [-0.3, -0.25) is 0 Å². The molecule has 152 valence electrons. The molecule has 1 aromatic rings. The molecule has 0 aromatic heterocycles. The minimum absolute atomic E-state index is 0.0177. The molecule has 0 aliphatic carbocycles. The van der Waals surface area contributed by atoms with Crippen molar-refractivity contribution >= 4 is 17.6 Å². The van der Waals surface area contributed by atoms with Crippen molar-refractivity contribution in [2.24, 2.45) is 0 Å². The number of esters is 2. The molecule has 0 saturated carbocycles. The number of carbonyl (C=O) groups excluding carboxylic acids is 2. The van der Waals surface area contributed by atoms with Gasteiger partial charge in [0.25, 0.3) is 0 Å². The molecule has 2 aliphatic heterocycles. The maximum absolute atomic E-state index is 12.3. The first-order chi connectivity index (χ1) is 13.6. The van der Waals surface area contributed by atoms with E-state index >= 15 is 0 Å². The lowest BCUT2D eigenvalue weighted by atomic mass is 10.1. The zero-order valence-corrected chi connectivity index (χ0v) is 16.1. The monoisotopic (exact) mass is 391 g/mol. The smallest absolute Gasteiger partial charge is 0.355 e. The average molecular weight is 391 g/mol. The summed E-state index contributed by atoms with van der Waals surface area (Å²) in [6.07, 6.45) is 3.40. The first kappa shape index (κ1) is 20.2. The Hall–Kier alpha value is -2.58. The number of benzene rings is 1. The van der Waals surface area contributed by atoms with Gasteiger partial charge in [0.2, 0.25) is 0 Å². The fourth-order valence-corrected chi connectivity index (χ4v) is 3.20. The number of methoxy groups -OCH3 is 2. The van der Waals surface area contributed by atoms with Crippen molar-refractivity contribution < 1.29 is 33.3 Å². The number of anilines is 1. The first-order valence-corrected chi connectivity index (χ1v) is 9.23. The second kappa shape index (κ2) is 9.57. The highest BCUT2D eigenvalue weighted by molar-refractivity contribution is 6.03. The van der Waals surface area contributed by atoms with E-state index in [1.54, 1.807) is 29.2 Å². The highest BCUT2D eigenvalue weighted by Gasteiger charge is 2.32. The standard InChI is InChI=1S/C20H25NO7/c1-24-19(22)17-12-26-13-21(18(17)20(23)25-2)14-6-8-15(9-7-14)28-11-16-5-3-4-10-27-16/h6-9,16H,3-5,10-13H2,1-2H3. The van der Waals surface area contributed by atoms with Crippen LogP contribution in [0.1, 0.15) is 19.3 Å². The van der Waals surface area contributed by atoms with E-state index in [0.29, 0.717) is 18.0 Å². The Morgan fingerprint density at radius 1 is 1.11 bits per heavy atom. The SMILES string of the molecule is COC(=O)C1=C(C(=O)OC)N(c2ccc(OCC3CCCCO3)cc2)COC1. The summed E-state index contributed by atoms with van der Waals surface area (Å²) in [5.41, 5.74) is 0.906. The first-order valence-electron chi connectivity index (χ1n) is 9.23. The molecule has 0 amide bonds. The van der Waals surface area contributed by atoms with E-state index in [2.05, 4.69) is 0 Å². The van der Waals surface area contributed by atoms with Crippen molar-refractivity contribution in [3.05, 3.63) is 35.5 Å². The Bertz CT molecular complexity index is 723. The van der Waals surface area contributed by atoms with Crippen molar-refractivity contribution in [3.63, 3.8) is 0 Å². The Balaban J connectivity index is 1.75. The molecule has 0 N–H and O–H groups in total. The van der Waals surface area contributed by atoms with Crippen LogP contribution in [-0.4, -0.2) is 58.8 Å². The normalized spacial score (nSPS) is 19.9. The molecule has 2 aliphatic rings. The number of hydrogen-bond acceptors (Lipinski definition) is 8. The van der Waals surface area contributed by atoms with Gasteiger partial charge in [-0.1, -0.05) is 0 Å². The van der Waals surface area contributed by atoms with Crippen molar-refractivity contribution in [2.45, 2.75) is 25.4 Å². The van der Waals surface area contributed by atoms with Gasteiger partial charge in [-0.15, -0.1) is 0 Å². The third-order valence-electron chi connectivity index (χ3n) is 4.69. The second-order valence-electron chi connectivity index (χ2n) is 6.51. The molecule has 8 heteroatoms. The van der Waals surface area contributed by atoms with Gasteiger partial charge in [0.1, 0.15) is 24.8 Å². The van der Waals surface area contributed by atoms with Gasteiger partial charge in [0.15, 0.2) is 0 Å². The van der Waals surface area contributed by atoms with E-state index in [-0.39, 0.29) is 30.7 Å². The summed E-state index contributed by atoms with van der Waals surface area (Å²) in [5, 5.41) is 0. The molecule has 2 heterocycles. The summed E-state index contributed by atoms with van der Waals surface area (Å²) in [6.45, 7) is 1.39. The summed E-state index contributed by atoms with van der Waals surface area (Å²) in [6, 6.07) is 7.20. The lowest BCUT2D eigenvalue weighted by molar-refractivity contribution is -0.140. The predicted molar refractivity (Wildman–Crippen MR) is 99.9 cm³/mol. The molecule has 28 heavy (non-hydrogen) atoms. The Morgan fingerprint density at radius 2 is 1.86 bits per heavy atom. The molecule has 1 fully saturated rings. The van der Waals surface area contributed by atoms with Crippen molar-refractivity contribution in [2.75, 3.05) is 45.7 Å². The third kappa shape index (κ3) is 4.63. The lowest BCUT2D eigenvalue weighted by Gasteiger charge is -2.31. The summed E-state index contributed by atoms with van der Waals surface area (Å²) in [5.74, 6) is -0.552. The Labute approximate surface area is 163 Å². The van der Waals surface area contributed by atoms with Crippen LogP contribution in [0.15, 0.2) is 35.5 Å². The van der Waals surface area contributed by atoms with E-state index in [9.17, 15) is 9.59 Å². The van der Waals surface area contributed by atoms with Gasteiger partial charge in [0, 0.05) is 12.3 Å². The zero-order chi connectivity index (χ0) is 19.9. The minimum Gasteiger partial charge on any atom is -0.491 e. The van der Waals surface area contributed by atoms with Gasteiger partial charge < -0.3 is 28.6 Å². The summed E-state index contributed by atoms with van der Waals surface area (Å²) in [4.78, 5) is 25.9. The van der Waals surface area contributed by atoms with Gasteiger partial charge in [-0.05, 0) is 43.5 Å². The van der Waals surface area contributed by atoms with Crippen molar-refractivity contribution in [3.8, 4) is 5.75 Å². The average Bonchev–Trinajstić information content (AvgIpc) is 2.77. The van der Waals surface area contributed by atoms with Crippen molar-refractivity contribution in [1.82, 2.24) is 0 Å². The number of hydrogen-bond donors (Lipinski definition) is 0. The number of nitrogens with zero attached hydrogens (tertiary/aromatic N) is 1. The fourth-order valence-electron chi connectivity index (χ4n) is 3.20. The molecular weight excluding hydrogens is 366 g/mol. The maximum atomic E-state index is 12.3. The molecule has 3 rings (SSSR count). The highest BCUT2D eigenvalue weighted by Crippen LogP contribution is 2.28. The topological polar surface area (TPSA) is 83.5 Å². The molecule has 8 nitrogen and oxygen atoms in total. The van der Waals surface area contributed by atoms with Crippen molar-refractivity contribution in [1.29, 1.82) is 0 Å². The van der Waals surface area contributed by atoms with E-state index < -0.39 is 11.9 Å². The van der Waals surface area contributed by atoms with Crippen LogP contribution in [0, 0.1) is 0 Å². The zero-order valence-electron chi connectivity index (χ0n) is 16.1. The highest BCUT2D eigenvalue weighted by atomic mass is 16.5. The molecule has 1 saturated heterocycles. The number of ether oxygens (including phenoxy) is 5. The van der Waals surface area contributed by atoms with E-state index in [4.69, 9.17) is 23.7 Å². The quantitative estimate of drug-likeness (QED) is 0.681. The maximum Gasteiger partial charge on any atom is 0.355 e. The number of rotatable bonds is 6. The molecule has 0 spiro atoms. The predicted octanol–water partition coefficient (Wildman–Crippen LogP) is 2.03. The van der Waals surface area contributed by atoms with Crippen LogP contribution >= 0.6 is 0 Å². The van der Waals surface area contributed by atoms with Gasteiger partial charge in [-0.25, -0.2) is 9.59 Å². The largest absolute Gasteiger partial charge is 0.491 e. The number of carbonyl (C=O) groups is 2. The van der Waals surface area contributed by atoms with Gasteiger partial charge in [-0.2, -0.15) is 0 Å². The van der Waals surface area contributed by atoms with Crippen LogP contribution in [0.2, 0.25) is 0 Å². The fraction of sp³-hybridized carbons (Fsp3) is 0.500. The molecule has 1 unspecified atom stereocenters. The van der Waals surface area contributed by atoms with Crippen LogP contribution < -0.4 is 9.64 Å². The molecule has 0 bridgehead atoms. The Morgan fingerprint density at radius 3 is 2.50 bits per heavy atom. The minimum atomic E-state index is -0.627. The van der Waals surface area contributed by atoms with E-state index in [1.807, 2.05) is 0 Å². The van der Waals surface area contributed by atoms with E-state index in [1.165, 1.54) is 14.2 Å². The third-order valence-corrected chi connectivity index (χ3v) is 4.69. The van der Waals surface area contributed by atoms with Crippen LogP contribution in [0.25, 0.3) is 0 Å². The molecular formula is C20H25NO7. The summed E-state index contributed by atoms with van der Waals surface area (Å²) in [7, 11) is 2.52. The molecule has 1 aromatic carbocycles. The van der Waals surface area contributed by atoms with Gasteiger partial charge in [0.05, 0.1) is 32.5 Å². The van der Waals surface area contributed by atoms with Gasteiger partial charge >= 0.3 is 11.9 Å². The second-order valence-corrected chi connectivity index (χ2v) is 6.51. The summed E-state index contributed by atoms with van der Waals surface area (Å²) < 4.78 is 26.6. The summed E-state index contributed by atoms with van der Waals surface area (Å²) >= 11 is 0. The van der Waals surface area contributed by atoms with Crippen LogP contribution in [0.3, 0.4) is 0 Å². The lowest BCUT2D eigenvalue weighted by Crippen LogP contribution is -2.38.